The number of nitrogens with two attached hydrogens (primary N) is 1. The number of nitrogens with one attached hydrogen (secondary N) is 2. The van der Waals surface area contributed by atoms with Crippen molar-refractivity contribution < 1.29 is 13.2 Å². The van der Waals surface area contributed by atoms with Crippen LogP contribution in [-0.2, 0) is 6.18 Å². The summed E-state index contributed by atoms with van der Waals surface area (Å²) in [5.74, 6) is 5.85. The second-order valence-corrected chi connectivity index (χ2v) is 4.88. The number of aliphatic imine (C=N–C) groups is 1. The van der Waals surface area contributed by atoms with E-state index in [1.807, 2.05) is 13.8 Å². The summed E-state index contributed by atoms with van der Waals surface area (Å²) in [5, 5.41) is 2.74. The van der Waals surface area contributed by atoms with Gasteiger partial charge in [0.1, 0.15) is 0 Å². The monoisotopic (exact) mass is 288 g/mol. The van der Waals surface area contributed by atoms with Crippen LogP contribution in [-0.4, -0.2) is 12.5 Å². The number of halogens is 3. The molecule has 0 aliphatic heterocycles. The Morgan fingerprint density at radius 1 is 1.35 bits per heavy atom. The van der Waals surface area contributed by atoms with Crippen molar-refractivity contribution in [1.82, 2.24) is 5.43 Å². The summed E-state index contributed by atoms with van der Waals surface area (Å²) in [6.45, 7) is 5.89. The van der Waals surface area contributed by atoms with E-state index in [-0.39, 0.29) is 17.2 Å². The Balaban J connectivity index is 2.95. The second-order valence-electron chi connectivity index (χ2n) is 4.88. The first-order valence-corrected chi connectivity index (χ1v) is 6.20. The Morgan fingerprint density at radius 3 is 2.50 bits per heavy atom. The Hall–Kier alpha value is -1.76. The van der Waals surface area contributed by atoms with E-state index >= 15 is 0 Å². The highest BCUT2D eigenvalue weighted by molar-refractivity contribution is 5.93. The predicted octanol–water partition coefficient (Wildman–Crippen LogP) is 2.90. The molecular weight excluding hydrogens is 269 g/mol. The van der Waals surface area contributed by atoms with E-state index in [0.29, 0.717) is 12.5 Å². The van der Waals surface area contributed by atoms with E-state index in [1.165, 1.54) is 13.0 Å². The molecule has 4 nitrogen and oxygen atoms in total. The summed E-state index contributed by atoms with van der Waals surface area (Å²) in [5.41, 5.74) is 2.11. The number of nitrogens with zero attached hydrogens (tertiary/aromatic N) is 1. The Bertz CT molecular complexity index is 481. The second kappa shape index (κ2) is 6.60. The number of alkyl halides is 3. The summed E-state index contributed by atoms with van der Waals surface area (Å²) in [4.78, 5) is 4.14. The first-order valence-electron chi connectivity index (χ1n) is 6.20. The molecule has 7 heteroatoms. The van der Waals surface area contributed by atoms with E-state index in [2.05, 4.69) is 15.7 Å². The number of anilines is 1. The molecule has 0 fully saturated rings. The van der Waals surface area contributed by atoms with Gasteiger partial charge in [-0.1, -0.05) is 19.9 Å². The number of rotatable bonds is 3. The molecule has 1 aromatic carbocycles. The van der Waals surface area contributed by atoms with Gasteiger partial charge in [0, 0.05) is 12.2 Å². The summed E-state index contributed by atoms with van der Waals surface area (Å²) in [7, 11) is 0. The SMILES string of the molecule is Cc1ccc(NC(=NCC(C)C)NN)cc1C(F)(F)F. The Kier molecular flexibility index (Phi) is 5.38. The molecule has 1 rings (SSSR count). The maximum absolute atomic E-state index is 12.8. The minimum Gasteiger partial charge on any atom is -0.325 e. The highest BCUT2D eigenvalue weighted by atomic mass is 19.4. The van der Waals surface area contributed by atoms with E-state index < -0.39 is 11.7 Å². The molecule has 0 bridgehead atoms. The van der Waals surface area contributed by atoms with Crippen LogP contribution < -0.4 is 16.6 Å². The van der Waals surface area contributed by atoms with Crippen molar-refractivity contribution in [3.05, 3.63) is 29.3 Å². The lowest BCUT2D eigenvalue weighted by Crippen LogP contribution is -2.36. The minimum absolute atomic E-state index is 0.171. The number of hydrogen-bond donors (Lipinski definition) is 3. The molecule has 0 aliphatic rings. The summed E-state index contributed by atoms with van der Waals surface area (Å²) in [6, 6.07) is 3.99. The van der Waals surface area contributed by atoms with Crippen LogP contribution in [0.25, 0.3) is 0 Å². The zero-order valence-electron chi connectivity index (χ0n) is 11.7. The van der Waals surface area contributed by atoms with Gasteiger partial charge in [0.2, 0.25) is 5.96 Å². The molecular formula is C13H19F3N4. The molecule has 20 heavy (non-hydrogen) atoms. The smallest absolute Gasteiger partial charge is 0.325 e. The van der Waals surface area contributed by atoms with E-state index in [4.69, 9.17) is 5.84 Å². The third-order valence-electron chi connectivity index (χ3n) is 2.56. The lowest BCUT2D eigenvalue weighted by molar-refractivity contribution is -0.138. The highest BCUT2D eigenvalue weighted by Gasteiger charge is 2.32. The third kappa shape index (κ3) is 4.73. The molecule has 112 valence electrons. The molecule has 0 unspecified atom stereocenters. The molecule has 0 aromatic heterocycles. The Labute approximate surface area is 116 Å². The van der Waals surface area contributed by atoms with Crippen LogP contribution in [0.1, 0.15) is 25.0 Å². The third-order valence-corrected chi connectivity index (χ3v) is 2.56. The van der Waals surface area contributed by atoms with Gasteiger partial charge in [-0.2, -0.15) is 13.2 Å². The van der Waals surface area contributed by atoms with Crippen LogP contribution >= 0.6 is 0 Å². The van der Waals surface area contributed by atoms with Gasteiger partial charge < -0.3 is 5.32 Å². The van der Waals surface area contributed by atoms with Gasteiger partial charge in [-0.05, 0) is 30.5 Å². The number of benzene rings is 1. The van der Waals surface area contributed by atoms with Crippen molar-refractivity contribution in [2.45, 2.75) is 26.9 Å². The fourth-order valence-electron chi connectivity index (χ4n) is 1.54. The first-order chi connectivity index (χ1) is 9.24. The summed E-state index contributed by atoms with van der Waals surface area (Å²) < 4.78 is 38.4. The van der Waals surface area contributed by atoms with Crippen molar-refractivity contribution in [2.75, 3.05) is 11.9 Å². The van der Waals surface area contributed by atoms with Crippen LogP contribution in [0.3, 0.4) is 0 Å². The highest BCUT2D eigenvalue weighted by Crippen LogP contribution is 2.33. The van der Waals surface area contributed by atoms with Gasteiger partial charge in [-0.25, -0.2) is 5.84 Å². The van der Waals surface area contributed by atoms with Gasteiger partial charge in [-0.3, -0.25) is 10.4 Å². The number of guanidine groups is 1. The summed E-state index contributed by atoms with van der Waals surface area (Å²) >= 11 is 0. The van der Waals surface area contributed by atoms with Crippen molar-refractivity contribution in [3.8, 4) is 0 Å². The fourth-order valence-corrected chi connectivity index (χ4v) is 1.54. The van der Waals surface area contributed by atoms with E-state index in [9.17, 15) is 13.2 Å². The molecule has 0 spiro atoms. The molecule has 4 N–H and O–H groups in total. The standard InChI is InChI=1S/C13H19F3N4/c1-8(2)7-18-12(20-17)19-10-5-4-9(3)11(6-10)13(14,15)16/h4-6,8H,7,17H2,1-3H3,(H2,18,19,20). The number of hydrogen-bond acceptors (Lipinski definition) is 2. The molecule has 0 atom stereocenters. The van der Waals surface area contributed by atoms with Crippen LogP contribution in [0.5, 0.6) is 0 Å². The normalized spacial score (nSPS) is 12.7. The van der Waals surface area contributed by atoms with Crippen molar-refractivity contribution >= 4 is 11.6 Å². The first kappa shape index (κ1) is 16.3. The molecule has 0 aliphatic carbocycles. The number of aryl methyl sites for hydroxylation is 1. The van der Waals surface area contributed by atoms with E-state index in [0.717, 1.165) is 6.07 Å². The number of hydrazine groups is 1. The fraction of sp³-hybridized carbons (Fsp3) is 0.462. The van der Waals surface area contributed by atoms with Crippen LogP contribution in [0.15, 0.2) is 23.2 Å². The zero-order valence-corrected chi connectivity index (χ0v) is 11.7. The quantitative estimate of drug-likeness (QED) is 0.347. The molecule has 0 heterocycles. The molecule has 1 aromatic rings. The average Bonchev–Trinajstić information content (AvgIpc) is 2.34. The minimum atomic E-state index is -4.38. The predicted molar refractivity (Wildman–Crippen MR) is 74.3 cm³/mol. The Morgan fingerprint density at radius 2 is 2.00 bits per heavy atom. The van der Waals surface area contributed by atoms with Gasteiger partial charge in [-0.15, -0.1) is 0 Å². The van der Waals surface area contributed by atoms with Crippen LogP contribution in [0.4, 0.5) is 18.9 Å². The zero-order chi connectivity index (χ0) is 15.3. The van der Waals surface area contributed by atoms with Crippen molar-refractivity contribution in [3.63, 3.8) is 0 Å². The summed E-state index contributed by atoms with van der Waals surface area (Å²) in [6.07, 6.45) is -4.38. The lowest BCUT2D eigenvalue weighted by Gasteiger charge is -2.14. The maximum Gasteiger partial charge on any atom is 0.416 e. The largest absolute Gasteiger partial charge is 0.416 e. The van der Waals surface area contributed by atoms with Gasteiger partial charge in [0.05, 0.1) is 5.56 Å². The van der Waals surface area contributed by atoms with Crippen molar-refractivity contribution in [2.24, 2.45) is 16.8 Å². The molecule has 0 saturated carbocycles. The van der Waals surface area contributed by atoms with Gasteiger partial charge in [0.25, 0.3) is 0 Å². The van der Waals surface area contributed by atoms with E-state index in [1.54, 1.807) is 6.07 Å². The average molecular weight is 288 g/mol. The van der Waals surface area contributed by atoms with Crippen LogP contribution in [0.2, 0.25) is 0 Å². The maximum atomic E-state index is 12.8. The van der Waals surface area contributed by atoms with Crippen LogP contribution in [0, 0.1) is 12.8 Å². The molecule has 0 radical (unpaired) electrons. The van der Waals surface area contributed by atoms with Gasteiger partial charge >= 0.3 is 6.18 Å². The lowest BCUT2D eigenvalue weighted by atomic mass is 10.1. The molecule has 0 saturated heterocycles. The topological polar surface area (TPSA) is 62.4 Å². The molecule has 0 amide bonds. The van der Waals surface area contributed by atoms with Crippen molar-refractivity contribution in [1.29, 1.82) is 0 Å². The van der Waals surface area contributed by atoms with Gasteiger partial charge in [0.15, 0.2) is 0 Å².